The molecule has 0 saturated heterocycles. The van der Waals surface area contributed by atoms with E-state index in [2.05, 4.69) is 0 Å². The van der Waals surface area contributed by atoms with Gasteiger partial charge in [-0.05, 0) is 60.2 Å². The molecule has 158 valence electrons. The predicted octanol–water partition coefficient (Wildman–Crippen LogP) is 6.60. The number of hydrogen-bond acceptors (Lipinski definition) is 5. The number of phenolic OH excluding ortho intramolecular Hbond substituents is 1. The van der Waals surface area contributed by atoms with Gasteiger partial charge >= 0.3 is 0 Å². The molecule has 0 bridgehead atoms. The summed E-state index contributed by atoms with van der Waals surface area (Å²) in [5, 5.41) is 18.5. The van der Waals surface area contributed by atoms with Crippen LogP contribution in [-0.4, -0.2) is 22.9 Å². The van der Waals surface area contributed by atoms with Crippen LogP contribution >= 0.6 is 34.8 Å². The Labute approximate surface area is 194 Å². The van der Waals surface area contributed by atoms with E-state index in [1.807, 2.05) is 41.4 Å². The molecule has 31 heavy (non-hydrogen) atoms. The molecule has 3 aromatic carbocycles. The molecule has 2 aliphatic heterocycles. The van der Waals surface area contributed by atoms with Crippen LogP contribution in [0.25, 0.3) is 0 Å². The summed E-state index contributed by atoms with van der Waals surface area (Å²) >= 11 is 18.7. The second-order valence-corrected chi connectivity index (χ2v) is 8.63. The van der Waals surface area contributed by atoms with Crippen molar-refractivity contribution in [1.82, 2.24) is 5.01 Å². The molecule has 0 saturated carbocycles. The fraction of sp³-hybridized carbons (Fsp3) is 0.174. The standard InChI is InChI=1S/C23H17Cl3N2O3/c1-30-15-5-2-12(3-6-15)19-11-20-16-8-13(24)4-7-21(16)31-23(28(20)27-19)17-9-14(25)10-18(26)22(17)29/h2-10,20,23,29H,11H2,1H3/t20-,23-/m0/s1. The number of halogens is 3. The molecular formula is C23H17Cl3N2O3. The molecule has 2 aliphatic rings. The molecule has 0 aliphatic carbocycles. The number of fused-ring (bicyclic) bond motifs is 3. The summed E-state index contributed by atoms with van der Waals surface area (Å²) in [5.74, 6) is 1.37. The molecule has 3 aromatic rings. The molecular weight excluding hydrogens is 459 g/mol. The summed E-state index contributed by atoms with van der Waals surface area (Å²) in [7, 11) is 1.63. The van der Waals surface area contributed by atoms with Gasteiger partial charge < -0.3 is 14.6 Å². The number of benzene rings is 3. The Kier molecular flexibility index (Phi) is 5.13. The summed E-state index contributed by atoms with van der Waals surface area (Å²) in [6.45, 7) is 0. The van der Waals surface area contributed by atoms with Crippen LogP contribution in [0.15, 0.2) is 59.7 Å². The van der Waals surface area contributed by atoms with E-state index >= 15 is 0 Å². The fourth-order valence-corrected chi connectivity index (χ4v) is 4.69. The second-order valence-electron chi connectivity index (χ2n) is 7.35. The minimum Gasteiger partial charge on any atom is -0.506 e. The van der Waals surface area contributed by atoms with Crippen LogP contribution in [0.2, 0.25) is 15.1 Å². The number of rotatable bonds is 3. The SMILES string of the molecule is COc1ccc(C2=NN3[C@@H](C2)c2cc(Cl)ccc2O[C@H]3c2cc(Cl)cc(Cl)c2O)cc1. The van der Waals surface area contributed by atoms with Crippen LogP contribution in [-0.2, 0) is 0 Å². The van der Waals surface area contributed by atoms with E-state index in [1.54, 1.807) is 19.2 Å². The first-order valence-corrected chi connectivity index (χ1v) is 10.7. The summed E-state index contributed by atoms with van der Waals surface area (Å²) in [6.07, 6.45) is -0.0557. The van der Waals surface area contributed by atoms with Crippen LogP contribution in [0.4, 0.5) is 0 Å². The van der Waals surface area contributed by atoms with Gasteiger partial charge in [0.05, 0.1) is 29.4 Å². The molecule has 0 fully saturated rings. The third-order valence-electron chi connectivity index (χ3n) is 5.50. The van der Waals surface area contributed by atoms with E-state index in [0.717, 1.165) is 22.6 Å². The Balaban J connectivity index is 1.62. The molecule has 0 spiro atoms. The van der Waals surface area contributed by atoms with Crippen molar-refractivity contribution in [2.75, 3.05) is 7.11 Å². The largest absolute Gasteiger partial charge is 0.506 e. The maximum absolute atomic E-state index is 10.6. The first kappa shape index (κ1) is 20.3. The number of methoxy groups -OCH3 is 1. The van der Waals surface area contributed by atoms with Gasteiger partial charge in [-0.25, -0.2) is 5.01 Å². The van der Waals surface area contributed by atoms with E-state index in [-0.39, 0.29) is 16.8 Å². The zero-order chi connectivity index (χ0) is 21.7. The van der Waals surface area contributed by atoms with Crippen molar-refractivity contribution in [3.05, 3.63) is 86.4 Å². The number of hydrogen-bond donors (Lipinski definition) is 1. The monoisotopic (exact) mass is 474 g/mol. The maximum atomic E-state index is 10.6. The summed E-state index contributed by atoms with van der Waals surface area (Å²) in [6, 6.07) is 16.3. The lowest BCUT2D eigenvalue weighted by atomic mass is 9.95. The van der Waals surface area contributed by atoms with Crippen molar-refractivity contribution in [2.24, 2.45) is 5.10 Å². The van der Waals surface area contributed by atoms with Crippen molar-refractivity contribution in [2.45, 2.75) is 18.7 Å². The van der Waals surface area contributed by atoms with Gasteiger partial charge in [-0.3, -0.25) is 0 Å². The Hall–Kier alpha value is -2.60. The first-order chi connectivity index (χ1) is 14.9. The summed E-state index contributed by atoms with van der Waals surface area (Å²) < 4.78 is 11.5. The number of hydrazone groups is 1. The van der Waals surface area contributed by atoms with Gasteiger partial charge in [0.15, 0.2) is 0 Å². The second kappa shape index (κ2) is 7.83. The average Bonchev–Trinajstić information content (AvgIpc) is 3.22. The number of aromatic hydroxyl groups is 1. The van der Waals surface area contributed by atoms with Crippen molar-refractivity contribution in [3.8, 4) is 17.2 Å². The van der Waals surface area contributed by atoms with Gasteiger partial charge in [-0.2, -0.15) is 5.10 Å². The van der Waals surface area contributed by atoms with Crippen molar-refractivity contribution in [1.29, 1.82) is 0 Å². The van der Waals surface area contributed by atoms with Crippen LogP contribution in [0.1, 0.15) is 35.4 Å². The molecule has 0 amide bonds. The van der Waals surface area contributed by atoms with Crippen molar-refractivity contribution >= 4 is 40.5 Å². The zero-order valence-electron chi connectivity index (χ0n) is 16.3. The summed E-state index contributed by atoms with van der Waals surface area (Å²) in [4.78, 5) is 0. The lowest BCUT2D eigenvalue weighted by molar-refractivity contribution is -0.0203. The van der Waals surface area contributed by atoms with Crippen molar-refractivity contribution < 1.29 is 14.6 Å². The van der Waals surface area contributed by atoms with Gasteiger partial charge in [0.25, 0.3) is 0 Å². The Morgan fingerprint density at radius 3 is 2.48 bits per heavy atom. The lowest BCUT2D eigenvalue weighted by Gasteiger charge is -2.38. The number of ether oxygens (including phenoxy) is 2. The van der Waals surface area contributed by atoms with Gasteiger partial charge in [-0.15, -0.1) is 0 Å². The molecule has 2 heterocycles. The minimum atomic E-state index is -0.703. The van der Waals surface area contributed by atoms with E-state index in [0.29, 0.717) is 27.8 Å². The Morgan fingerprint density at radius 1 is 1.00 bits per heavy atom. The molecule has 2 atom stereocenters. The van der Waals surface area contributed by atoms with Crippen LogP contribution in [0.3, 0.4) is 0 Å². The molecule has 5 rings (SSSR count). The van der Waals surface area contributed by atoms with Gasteiger partial charge in [-0.1, -0.05) is 34.8 Å². The van der Waals surface area contributed by atoms with E-state index in [9.17, 15) is 5.11 Å². The topological polar surface area (TPSA) is 54.3 Å². The maximum Gasteiger partial charge on any atom is 0.217 e. The average molecular weight is 476 g/mol. The van der Waals surface area contributed by atoms with E-state index in [4.69, 9.17) is 49.4 Å². The highest BCUT2D eigenvalue weighted by Crippen LogP contribution is 2.50. The third-order valence-corrected chi connectivity index (χ3v) is 6.24. The molecule has 5 nitrogen and oxygen atoms in total. The zero-order valence-corrected chi connectivity index (χ0v) is 18.6. The predicted molar refractivity (Wildman–Crippen MR) is 122 cm³/mol. The van der Waals surface area contributed by atoms with Gasteiger partial charge in [0.2, 0.25) is 6.23 Å². The summed E-state index contributed by atoms with van der Waals surface area (Å²) in [5.41, 5.74) is 3.25. The first-order valence-electron chi connectivity index (χ1n) is 9.59. The molecule has 0 radical (unpaired) electrons. The fourth-order valence-electron chi connectivity index (χ4n) is 4.00. The normalized spacial score (nSPS) is 19.4. The Morgan fingerprint density at radius 2 is 1.74 bits per heavy atom. The smallest absolute Gasteiger partial charge is 0.217 e. The van der Waals surface area contributed by atoms with Crippen molar-refractivity contribution in [3.63, 3.8) is 0 Å². The van der Waals surface area contributed by atoms with Crippen LogP contribution in [0, 0.1) is 0 Å². The quantitative estimate of drug-likeness (QED) is 0.463. The molecule has 8 heteroatoms. The van der Waals surface area contributed by atoms with E-state index < -0.39 is 6.23 Å². The highest BCUT2D eigenvalue weighted by atomic mass is 35.5. The molecule has 0 unspecified atom stereocenters. The van der Waals surface area contributed by atoms with Crippen LogP contribution in [0.5, 0.6) is 17.2 Å². The minimum absolute atomic E-state index is 0.0830. The Bertz CT molecular complexity index is 1200. The van der Waals surface area contributed by atoms with Gasteiger partial charge in [0, 0.05) is 22.0 Å². The van der Waals surface area contributed by atoms with Gasteiger partial charge in [0.1, 0.15) is 17.2 Å². The highest BCUT2D eigenvalue weighted by molar-refractivity contribution is 6.35. The molecule has 1 N–H and O–H groups in total. The lowest BCUT2D eigenvalue weighted by Crippen LogP contribution is -2.33. The molecule has 0 aromatic heterocycles. The number of phenols is 1. The van der Waals surface area contributed by atoms with E-state index in [1.165, 1.54) is 6.07 Å². The number of nitrogens with zero attached hydrogens (tertiary/aromatic N) is 2. The van der Waals surface area contributed by atoms with Crippen LogP contribution < -0.4 is 9.47 Å². The highest BCUT2D eigenvalue weighted by Gasteiger charge is 2.42. The third kappa shape index (κ3) is 3.57.